The Morgan fingerprint density at radius 2 is 1.68 bits per heavy atom. The summed E-state index contributed by atoms with van der Waals surface area (Å²) < 4.78 is 27.5. The van der Waals surface area contributed by atoms with Crippen LogP contribution in [0.1, 0.15) is 43.8 Å². The predicted octanol–water partition coefficient (Wildman–Crippen LogP) is 4.08. The Morgan fingerprint density at radius 1 is 0.971 bits per heavy atom. The quantitative estimate of drug-likeness (QED) is 0.496. The Morgan fingerprint density at radius 3 is 2.32 bits per heavy atom. The van der Waals surface area contributed by atoms with Gasteiger partial charge in [0.25, 0.3) is 5.91 Å². The molecule has 0 saturated carbocycles. The van der Waals surface area contributed by atoms with Crippen molar-refractivity contribution in [2.24, 2.45) is 0 Å². The van der Waals surface area contributed by atoms with Crippen molar-refractivity contribution in [1.82, 2.24) is 14.2 Å². The minimum Gasteiger partial charge on any atom is -0.335 e. The summed E-state index contributed by atoms with van der Waals surface area (Å²) in [5.74, 6) is -0.311. The average Bonchev–Trinajstić information content (AvgIpc) is 3.19. The fraction of sp³-hybridized carbons (Fsp3) is 0.320. The molecule has 0 aliphatic carbocycles. The van der Waals surface area contributed by atoms with Crippen LogP contribution in [-0.4, -0.2) is 60.5 Å². The maximum atomic E-state index is 13.2. The van der Waals surface area contributed by atoms with Crippen molar-refractivity contribution >= 4 is 33.1 Å². The molecule has 3 aromatic rings. The van der Waals surface area contributed by atoms with E-state index in [0.717, 1.165) is 16.1 Å². The first-order valence-electron chi connectivity index (χ1n) is 11.0. The summed E-state index contributed by atoms with van der Waals surface area (Å²) in [4.78, 5) is 31.9. The molecule has 0 spiro atoms. The Balaban J connectivity index is 1.48. The third kappa shape index (κ3) is 4.68. The number of carbonyl (C=O) groups is 2. The lowest BCUT2D eigenvalue weighted by Crippen LogP contribution is -2.50. The van der Waals surface area contributed by atoms with E-state index in [1.54, 1.807) is 17.0 Å². The van der Waals surface area contributed by atoms with Crippen LogP contribution in [0.15, 0.2) is 47.4 Å². The standard InChI is InChI=1S/C25H27N3O4S2/c1-16-8-9-22(17(2)14-16)24-26-18(3)23(33-24)25(30)27-10-12-28(13-11-27)34(31,32)21-7-5-6-20(15-21)19(4)29/h5-9,14-15H,10-13H2,1-4H3. The van der Waals surface area contributed by atoms with E-state index in [-0.39, 0.29) is 29.7 Å². The number of hydrogen-bond donors (Lipinski definition) is 0. The van der Waals surface area contributed by atoms with Crippen molar-refractivity contribution in [1.29, 1.82) is 0 Å². The topological polar surface area (TPSA) is 87.7 Å². The molecule has 7 nitrogen and oxygen atoms in total. The van der Waals surface area contributed by atoms with Crippen molar-refractivity contribution in [3.05, 3.63) is 69.7 Å². The molecule has 1 aliphatic rings. The zero-order valence-electron chi connectivity index (χ0n) is 19.7. The molecule has 2 heterocycles. The minimum absolute atomic E-state index is 0.0939. The summed E-state index contributed by atoms with van der Waals surface area (Å²) in [5.41, 5.74) is 4.34. The van der Waals surface area contributed by atoms with Gasteiger partial charge in [0.1, 0.15) is 9.88 Å². The summed E-state index contributed by atoms with van der Waals surface area (Å²) >= 11 is 1.38. The molecule has 0 N–H and O–H groups in total. The van der Waals surface area contributed by atoms with E-state index >= 15 is 0 Å². The smallest absolute Gasteiger partial charge is 0.265 e. The third-order valence-electron chi connectivity index (χ3n) is 6.01. The van der Waals surface area contributed by atoms with E-state index in [0.29, 0.717) is 29.2 Å². The molecule has 0 unspecified atom stereocenters. The molecule has 1 saturated heterocycles. The van der Waals surface area contributed by atoms with Crippen molar-refractivity contribution in [2.45, 2.75) is 32.6 Å². The third-order valence-corrected chi connectivity index (χ3v) is 9.08. The normalized spacial score (nSPS) is 14.9. The highest BCUT2D eigenvalue weighted by atomic mass is 32.2. The van der Waals surface area contributed by atoms with Crippen LogP contribution in [0.4, 0.5) is 0 Å². The van der Waals surface area contributed by atoms with Gasteiger partial charge < -0.3 is 4.90 Å². The van der Waals surface area contributed by atoms with Crippen molar-refractivity contribution in [3.63, 3.8) is 0 Å². The first-order valence-corrected chi connectivity index (χ1v) is 13.3. The van der Waals surface area contributed by atoms with Crippen LogP contribution in [0.3, 0.4) is 0 Å². The van der Waals surface area contributed by atoms with Crippen LogP contribution in [0.5, 0.6) is 0 Å². The van der Waals surface area contributed by atoms with E-state index in [4.69, 9.17) is 0 Å². The molecule has 178 valence electrons. The van der Waals surface area contributed by atoms with Gasteiger partial charge in [-0.2, -0.15) is 4.31 Å². The van der Waals surface area contributed by atoms with E-state index in [1.165, 1.54) is 40.3 Å². The number of thiazole rings is 1. The van der Waals surface area contributed by atoms with Gasteiger partial charge in [-0.1, -0.05) is 35.9 Å². The van der Waals surface area contributed by atoms with Gasteiger partial charge in [-0.3, -0.25) is 9.59 Å². The minimum atomic E-state index is -3.75. The fourth-order valence-corrected chi connectivity index (χ4v) is 6.66. The fourth-order valence-electron chi connectivity index (χ4n) is 4.06. The summed E-state index contributed by atoms with van der Waals surface area (Å²) in [5, 5.41) is 0.810. The SMILES string of the molecule is CC(=O)c1cccc(S(=O)(=O)N2CCN(C(=O)c3sc(-c4ccc(C)cc4C)nc3C)CC2)c1. The first-order chi connectivity index (χ1) is 16.1. The van der Waals surface area contributed by atoms with Crippen molar-refractivity contribution in [3.8, 4) is 10.6 Å². The van der Waals surface area contributed by atoms with Crippen LogP contribution >= 0.6 is 11.3 Å². The van der Waals surface area contributed by atoms with Gasteiger partial charge in [0.15, 0.2) is 5.78 Å². The average molecular weight is 498 g/mol. The van der Waals surface area contributed by atoms with Gasteiger partial charge in [-0.15, -0.1) is 11.3 Å². The molecule has 1 aromatic heterocycles. The van der Waals surface area contributed by atoms with Crippen LogP contribution < -0.4 is 0 Å². The molecule has 2 aromatic carbocycles. The summed E-state index contributed by atoms with van der Waals surface area (Å²) in [6.07, 6.45) is 0. The highest BCUT2D eigenvalue weighted by Crippen LogP contribution is 2.32. The van der Waals surface area contributed by atoms with Gasteiger partial charge in [-0.05, 0) is 45.4 Å². The van der Waals surface area contributed by atoms with E-state index in [9.17, 15) is 18.0 Å². The molecule has 9 heteroatoms. The number of benzene rings is 2. The number of rotatable bonds is 5. The number of aryl methyl sites for hydroxylation is 3. The number of hydrogen-bond acceptors (Lipinski definition) is 6. The molecule has 1 aliphatic heterocycles. The number of ketones is 1. The number of piperazine rings is 1. The number of amides is 1. The molecular formula is C25H27N3O4S2. The number of Topliss-reactive ketones (excluding diaryl/α,β-unsaturated/α-hetero) is 1. The number of sulfonamides is 1. The Bertz CT molecular complexity index is 1370. The van der Waals surface area contributed by atoms with Gasteiger partial charge >= 0.3 is 0 Å². The second-order valence-electron chi connectivity index (χ2n) is 8.53. The summed E-state index contributed by atoms with van der Waals surface area (Å²) in [6, 6.07) is 12.2. The second-order valence-corrected chi connectivity index (χ2v) is 11.5. The summed E-state index contributed by atoms with van der Waals surface area (Å²) in [6.45, 7) is 8.29. The van der Waals surface area contributed by atoms with E-state index < -0.39 is 10.0 Å². The highest BCUT2D eigenvalue weighted by molar-refractivity contribution is 7.89. The van der Waals surface area contributed by atoms with Crippen LogP contribution in [0.2, 0.25) is 0 Å². The lowest BCUT2D eigenvalue weighted by molar-refractivity contribution is 0.0701. The Labute approximate surface area is 204 Å². The molecule has 1 fully saturated rings. The second kappa shape index (κ2) is 9.40. The van der Waals surface area contributed by atoms with E-state index in [1.807, 2.05) is 32.9 Å². The lowest BCUT2D eigenvalue weighted by atomic mass is 10.1. The first kappa shape index (κ1) is 24.3. The van der Waals surface area contributed by atoms with E-state index in [2.05, 4.69) is 11.1 Å². The molecule has 1 amide bonds. The zero-order chi connectivity index (χ0) is 24.6. The van der Waals surface area contributed by atoms with Gasteiger partial charge in [0, 0.05) is 37.3 Å². The molecular weight excluding hydrogens is 470 g/mol. The Kier molecular flexibility index (Phi) is 6.71. The number of nitrogens with zero attached hydrogens (tertiary/aromatic N) is 3. The summed E-state index contributed by atoms with van der Waals surface area (Å²) in [7, 11) is -3.75. The number of aromatic nitrogens is 1. The molecule has 0 bridgehead atoms. The zero-order valence-corrected chi connectivity index (χ0v) is 21.3. The van der Waals surface area contributed by atoms with Crippen LogP contribution in [0.25, 0.3) is 10.6 Å². The van der Waals surface area contributed by atoms with Gasteiger partial charge in [0.05, 0.1) is 10.6 Å². The lowest BCUT2D eigenvalue weighted by Gasteiger charge is -2.33. The van der Waals surface area contributed by atoms with Crippen LogP contribution in [-0.2, 0) is 10.0 Å². The predicted molar refractivity (Wildman–Crippen MR) is 133 cm³/mol. The van der Waals surface area contributed by atoms with Crippen molar-refractivity contribution in [2.75, 3.05) is 26.2 Å². The molecule has 0 atom stereocenters. The maximum Gasteiger partial charge on any atom is 0.265 e. The highest BCUT2D eigenvalue weighted by Gasteiger charge is 2.32. The Hall–Kier alpha value is -2.88. The van der Waals surface area contributed by atoms with Crippen LogP contribution in [0, 0.1) is 20.8 Å². The molecule has 0 radical (unpaired) electrons. The molecule has 4 rings (SSSR count). The van der Waals surface area contributed by atoms with Gasteiger partial charge in [-0.25, -0.2) is 13.4 Å². The monoisotopic (exact) mass is 497 g/mol. The molecule has 34 heavy (non-hydrogen) atoms. The van der Waals surface area contributed by atoms with Crippen molar-refractivity contribution < 1.29 is 18.0 Å². The van der Waals surface area contributed by atoms with Gasteiger partial charge in [0.2, 0.25) is 10.0 Å². The number of carbonyl (C=O) groups excluding carboxylic acids is 2. The largest absolute Gasteiger partial charge is 0.335 e. The maximum absolute atomic E-state index is 13.2.